The first kappa shape index (κ1) is 5.62. The fourth-order valence-corrected chi connectivity index (χ4v) is 3.95. The molecule has 0 amide bonds. The van der Waals surface area contributed by atoms with Gasteiger partial charge in [-0.3, -0.25) is 0 Å². The first-order valence-corrected chi connectivity index (χ1v) is 4.65. The van der Waals surface area contributed by atoms with Crippen LogP contribution in [0, 0.1) is 28.6 Å². The first-order valence-electron chi connectivity index (χ1n) is 4.65. The van der Waals surface area contributed by atoms with Crippen LogP contribution < -0.4 is 0 Å². The molecule has 3 rings (SSSR count). The molecule has 3 aliphatic carbocycles. The predicted octanol–water partition coefficient (Wildman–Crippen LogP) is 2.69. The summed E-state index contributed by atoms with van der Waals surface area (Å²) in [5.74, 6) is 3.22. The second-order valence-electron chi connectivity index (χ2n) is 5.06. The molecule has 2 spiro atoms. The molecule has 0 nitrogen and oxygen atoms in total. The minimum atomic E-state index is 0.895. The van der Waals surface area contributed by atoms with E-state index in [2.05, 4.69) is 20.8 Å². The Balaban J connectivity index is 1.91. The molecule has 0 heterocycles. The normalized spacial score (nSPS) is 76.5. The summed E-state index contributed by atoms with van der Waals surface area (Å²) in [7, 11) is 0. The topological polar surface area (TPSA) is 0 Å². The summed E-state index contributed by atoms with van der Waals surface area (Å²) in [6.45, 7) is 7.33. The van der Waals surface area contributed by atoms with Crippen LogP contribution in [-0.4, -0.2) is 0 Å². The van der Waals surface area contributed by atoms with Crippen molar-refractivity contribution in [3.63, 3.8) is 0 Å². The van der Waals surface area contributed by atoms with E-state index in [1.807, 2.05) is 0 Å². The Labute approximate surface area is 63.0 Å². The molecule has 0 aromatic rings. The molecule has 3 aliphatic rings. The van der Waals surface area contributed by atoms with Crippen molar-refractivity contribution >= 4 is 0 Å². The lowest BCUT2D eigenvalue weighted by Gasteiger charge is -1.87. The highest BCUT2D eigenvalue weighted by Crippen LogP contribution is 2.94. The monoisotopic (exact) mass is 136 g/mol. The molecule has 3 fully saturated rings. The SMILES string of the molecule is CC1CC12CC21C(C)C1C. The van der Waals surface area contributed by atoms with Gasteiger partial charge in [-0.05, 0) is 41.4 Å². The van der Waals surface area contributed by atoms with Crippen LogP contribution in [0.4, 0.5) is 0 Å². The van der Waals surface area contributed by atoms with Crippen LogP contribution in [0.25, 0.3) is 0 Å². The lowest BCUT2D eigenvalue weighted by atomic mass is 10.2. The van der Waals surface area contributed by atoms with Gasteiger partial charge in [-0.25, -0.2) is 0 Å². The molecule has 10 heavy (non-hydrogen) atoms. The fraction of sp³-hybridized carbons (Fsp3) is 1.00. The van der Waals surface area contributed by atoms with Gasteiger partial charge in [0.25, 0.3) is 0 Å². The van der Waals surface area contributed by atoms with E-state index < -0.39 is 0 Å². The van der Waals surface area contributed by atoms with Crippen LogP contribution in [0.15, 0.2) is 0 Å². The van der Waals surface area contributed by atoms with Gasteiger partial charge in [0.15, 0.2) is 0 Å². The summed E-state index contributed by atoms with van der Waals surface area (Å²) in [6.07, 6.45) is 3.14. The van der Waals surface area contributed by atoms with E-state index in [1.165, 1.54) is 0 Å². The summed E-state index contributed by atoms with van der Waals surface area (Å²) in [6, 6.07) is 0. The highest BCUT2D eigenvalue weighted by atomic mass is 14.9. The third-order valence-electron chi connectivity index (χ3n) is 5.13. The summed E-state index contributed by atoms with van der Waals surface area (Å²) in [4.78, 5) is 0. The van der Waals surface area contributed by atoms with E-state index in [9.17, 15) is 0 Å². The lowest BCUT2D eigenvalue weighted by molar-refractivity contribution is 0.596. The van der Waals surface area contributed by atoms with E-state index in [4.69, 9.17) is 0 Å². The van der Waals surface area contributed by atoms with Gasteiger partial charge in [0.1, 0.15) is 0 Å². The smallest absolute Gasteiger partial charge is 0.0176 e. The Morgan fingerprint density at radius 3 is 1.70 bits per heavy atom. The van der Waals surface area contributed by atoms with Crippen molar-refractivity contribution in [2.45, 2.75) is 33.6 Å². The van der Waals surface area contributed by atoms with Crippen molar-refractivity contribution in [1.82, 2.24) is 0 Å². The molecule has 0 heteroatoms. The predicted molar refractivity (Wildman–Crippen MR) is 41.6 cm³/mol. The Bertz CT molecular complexity index is 198. The highest BCUT2D eigenvalue weighted by Gasteiger charge is 2.88. The Morgan fingerprint density at radius 1 is 1.10 bits per heavy atom. The molecule has 0 N–H and O–H groups in total. The molecular formula is C10H16. The third kappa shape index (κ3) is 0.302. The number of hydrogen-bond donors (Lipinski definition) is 0. The summed E-state index contributed by atoms with van der Waals surface area (Å²) >= 11 is 0. The van der Waals surface area contributed by atoms with Gasteiger partial charge in [-0.15, -0.1) is 0 Å². The van der Waals surface area contributed by atoms with Crippen molar-refractivity contribution < 1.29 is 0 Å². The van der Waals surface area contributed by atoms with Gasteiger partial charge in [0.2, 0.25) is 0 Å². The molecule has 4 atom stereocenters. The molecule has 56 valence electrons. The van der Waals surface area contributed by atoms with Crippen LogP contribution in [0.1, 0.15) is 33.6 Å². The average molecular weight is 136 g/mol. The number of fused-ring (bicyclic) bond motifs is 1. The van der Waals surface area contributed by atoms with Crippen molar-refractivity contribution in [2.75, 3.05) is 0 Å². The minimum absolute atomic E-state index is 0.895. The van der Waals surface area contributed by atoms with Crippen LogP contribution in [0.3, 0.4) is 0 Å². The van der Waals surface area contributed by atoms with E-state index in [-0.39, 0.29) is 0 Å². The maximum atomic E-state index is 2.45. The molecule has 0 aliphatic heterocycles. The largest absolute Gasteiger partial charge is 0.0619 e. The Kier molecular flexibility index (Phi) is 0.612. The molecule has 3 saturated carbocycles. The summed E-state index contributed by atoms with van der Waals surface area (Å²) < 4.78 is 0. The third-order valence-corrected chi connectivity index (χ3v) is 5.13. The van der Waals surface area contributed by atoms with Gasteiger partial charge in [-0.1, -0.05) is 20.8 Å². The first-order chi connectivity index (χ1) is 4.65. The van der Waals surface area contributed by atoms with Crippen LogP contribution in [0.5, 0.6) is 0 Å². The summed E-state index contributed by atoms with van der Waals surface area (Å²) in [5.41, 5.74) is 1.80. The van der Waals surface area contributed by atoms with Gasteiger partial charge >= 0.3 is 0 Å². The van der Waals surface area contributed by atoms with Crippen molar-refractivity contribution in [1.29, 1.82) is 0 Å². The highest BCUT2D eigenvalue weighted by molar-refractivity contribution is 5.36. The van der Waals surface area contributed by atoms with E-state index in [0.29, 0.717) is 0 Å². The van der Waals surface area contributed by atoms with Crippen LogP contribution in [0.2, 0.25) is 0 Å². The average Bonchev–Trinajstić information content (AvgIpc) is 2.76. The van der Waals surface area contributed by atoms with E-state index in [1.54, 1.807) is 12.8 Å². The molecular weight excluding hydrogens is 120 g/mol. The summed E-state index contributed by atoms with van der Waals surface area (Å²) in [5, 5.41) is 0. The molecule has 0 saturated heterocycles. The quantitative estimate of drug-likeness (QED) is 0.480. The zero-order chi connectivity index (χ0) is 7.15. The molecule has 4 unspecified atom stereocenters. The van der Waals surface area contributed by atoms with Crippen LogP contribution in [-0.2, 0) is 0 Å². The van der Waals surface area contributed by atoms with Gasteiger partial charge in [0, 0.05) is 0 Å². The zero-order valence-electron chi connectivity index (χ0n) is 7.15. The van der Waals surface area contributed by atoms with E-state index >= 15 is 0 Å². The lowest BCUT2D eigenvalue weighted by Crippen LogP contribution is -1.83. The van der Waals surface area contributed by atoms with E-state index in [0.717, 1.165) is 28.6 Å². The molecule has 0 aromatic carbocycles. The van der Waals surface area contributed by atoms with Gasteiger partial charge < -0.3 is 0 Å². The molecule has 0 bridgehead atoms. The second kappa shape index (κ2) is 1.09. The number of rotatable bonds is 0. The maximum absolute atomic E-state index is 2.45. The standard InChI is InChI=1S/C10H16/c1-6-4-9(6)5-10(9)7(2)8(10)3/h6-8H,4-5H2,1-3H3. The van der Waals surface area contributed by atoms with Crippen molar-refractivity contribution in [3.05, 3.63) is 0 Å². The maximum Gasteiger partial charge on any atom is -0.0176 e. The molecule has 0 aromatic heterocycles. The fourth-order valence-electron chi connectivity index (χ4n) is 3.95. The van der Waals surface area contributed by atoms with Crippen molar-refractivity contribution in [2.24, 2.45) is 28.6 Å². The minimum Gasteiger partial charge on any atom is -0.0619 e. The Hall–Kier alpha value is 0. The van der Waals surface area contributed by atoms with Gasteiger partial charge in [0.05, 0.1) is 0 Å². The zero-order valence-corrected chi connectivity index (χ0v) is 7.15. The second-order valence-corrected chi connectivity index (χ2v) is 5.06. The number of hydrogen-bond acceptors (Lipinski definition) is 0. The molecule has 0 radical (unpaired) electrons. The Morgan fingerprint density at radius 2 is 1.60 bits per heavy atom. The van der Waals surface area contributed by atoms with Gasteiger partial charge in [-0.2, -0.15) is 0 Å². The van der Waals surface area contributed by atoms with Crippen molar-refractivity contribution in [3.8, 4) is 0 Å². The van der Waals surface area contributed by atoms with Crippen LogP contribution >= 0.6 is 0 Å².